The van der Waals surface area contributed by atoms with Gasteiger partial charge in [-0.25, -0.2) is 9.97 Å². The molecular formula is C18H26N6S. The Kier molecular flexibility index (Phi) is 6.22. The minimum Gasteiger partial charge on any atom is -0.357 e. The lowest BCUT2D eigenvalue weighted by molar-refractivity contribution is 0.784. The fourth-order valence-corrected chi connectivity index (χ4v) is 3.54. The van der Waals surface area contributed by atoms with Crippen LogP contribution in [0.5, 0.6) is 0 Å². The maximum Gasteiger partial charge on any atom is 0.191 e. The van der Waals surface area contributed by atoms with Gasteiger partial charge in [-0.05, 0) is 31.4 Å². The van der Waals surface area contributed by atoms with Gasteiger partial charge in [-0.1, -0.05) is 6.07 Å². The van der Waals surface area contributed by atoms with Crippen LogP contribution in [-0.4, -0.2) is 42.6 Å². The predicted octanol–water partition coefficient (Wildman–Crippen LogP) is 2.35. The van der Waals surface area contributed by atoms with Crippen molar-refractivity contribution in [1.29, 1.82) is 0 Å². The first-order valence-corrected chi connectivity index (χ1v) is 9.68. The van der Waals surface area contributed by atoms with E-state index in [0.29, 0.717) is 6.54 Å². The van der Waals surface area contributed by atoms with Gasteiger partial charge >= 0.3 is 0 Å². The summed E-state index contributed by atoms with van der Waals surface area (Å²) in [6, 6.07) is 4.25. The zero-order valence-corrected chi connectivity index (χ0v) is 15.8. The van der Waals surface area contributed by atoms with Crippen LogP contribution >= 0.6 is 11.3 Å². The van der Waals surface area contributed by atoms with Crippen molar-refractivity contribution in [3.63, 3.8) is 0 Å². The first-order valence-electron chi connectivity index (χ1n) is 8.80. The molecule has 0 atom stereocenters. The lowest BCUT2D eigenvalue weighted by Crippen LogP contribution is -2.37. The molecule has 25 heavy (non-hydrogen) atoms. The van der Waals surface area contributed by atoms with Crippen molar-refractivity contribution in [3.8, 4) is 0 Å². The molecule has 2 N–H and O–H groups in total. The average molecular weight is 359 g/mol. The highest BCUT2D eigenvalue weighted by Crippen LogP contribution is 2.17. The Morgan fingerprint density at radius 1 is 1.28 bits per heavy atom. The maximum absolute atomic E-state index is 4.59. The van der Waals surface area contributed by atoms with E-state index in [1.54, 1.807) is 18.4 Å². The number of aromatic nitrogens is 2. The first kappa shape index (κ1) is 17.7. The van der Waals surface area contributed by atoms with Gasteiger partial charge in [0.15, 0.2) is 5.96 Å². The van der Waals surface area contributed by atoms with Crippen molar-refractivity contribution in [2.24, 2.45) is 4.99 Å². The smallest absolute Gasteiger partial charge is 0.191 e. The number of anilines is 1. The normalized spacial score (nSPS) is 14.8. The largest absolute Gasteiger partial charge is 0.357 e. The van der Waals surface area contributed by atoms with E-state index < -0.39 is 0 Å². The molecule has 7 heteroatoms. The lowest BCUT2D eigenvalue weighted by Gasteiger charge is -2.16. The molecule has 0 aliphatic carbocycles. The summed E-state index contributed by atoms with van der Waals surface area (Å²) in [7, 11) is 1.79. The molecule has 0 spiro atoms. The molecule has 1 fully saturated rings. The van der Waals surface area contributed by atoms with Crippen molar-refractivity contribution in [1.82, 2.24) is 20.6 Å². The van der Waals surface area contributed by atoms with E-state index >= 15 is 0 Å². The van der Waals surface area contributed by atoms with Crippen LogP contribution in [0.3, 0.4) is 0 Å². The molecule has 0 saturated carbocycles. The second-order valence-electron chi connectivity index (χ2n) is 6.18. The Morgan fingerprint density at radius 2 is 2.12 bits per heavy atom. The number of aryl methyl sites for hydroxylation is 1. The number of aliphatic imine (C=N–C) groups is 1. The lowest BCUT2D eigenvalue weighted by atomic mass is 10.3. The number of rotatable bonds is 6. The molecule has 0 amide bonds. The molecule has 0 radical (unpaired) electrons. The zero-order chi connectivity index (χ0) is 17.5. The highest BCUT2D eigenvalue weighted by atomic mass is 32.1. The second kappa shape index (κ2) is 8.80. The fraction of sp³-hybridized carbons (Fsp3) is 0.500. The zero-order valence-electron chi connectivity index (χ0n) is 15.0. The quantitative estimate of drug-likeness (QED) is 0.613. The number of guanidine groups is 1. The minimum atomic E-state index is 0.711. The molecule has 1 aliphatic rings. The van der Waals surface area contributed by atoms with E-state index in [2.05, 4.69) is 48.0 Å². The number of pyridine rings is 1. The van der Waals surface area contributed by atoms with Crippen molar-refractivity contribution < 1.29 is 0 Å². The highest BCUT2D eigenvalue weighted by Gasteiger charge is 2.12. The summed E-state index contributed by atoms with van der Waals surface area (Å²) in [4.78, 5) is 15.7. The average Bonchev–Trinajstić information content (AvgIpc) is 3.30. The first-order chi connectivity index (χ1) is 12.2. The Morgan fingerprint density at radius 3 is 2.76 bits per heavy atom. The molecule has 2 aromatic heterocycles. The van der Waals surface area contributed by atoms with Gasteiger partial charge in [-0.15, -0.1) is 11.3 Å². The van der Waals surface area contributed by atoms with Crippen molar-refractivity contribution >= 4 is 23.1 Å². The van der Waals surface area contributed by atoms with Crippen molar-refractivity contribution in [2.75, 3.05) is 31.6 Å². The van der Waals surface area contributed by atoms with Crippen LogP contribution in [0.25, 0.3) is 0 Å². The molecule has 2 aromatic rings. The Labute approximate surface area is 153 Å². The molecule has 1 saturated heterocycles. The van der Waals surface area contributed by atoms with Crippen LogP contribution in [0.1, 0.15) is 29.1 Å². The third kappa shape index (κ3) is 5.16. The van der Waals surface area contributed by atoms with Crippen LogP contribution in [0.2, 0.25) is 0 Å². The van der Waals surface area contributed by atoms with Crippen LogP contribution in [0.15, 0.2) is 28.7 Å². The van der Waals surface area contributed by atoms with Crippen LogP contribution in [0, 0.1) is 6.92 Å². The van der Waals surface area contributed by atoms with Gasteiger partial charge < -0.3 is 15.5 Å². The summed E-state index contributed by atoms with van der Waals surface area (Å²) < 4.78 is 0. The molecule has 6 nitrogen and oxygen atoms in total. The third-order valence-corrected chi connectivity index (χ3v) is 5.09. The van der Waals surface area contributed by atoms with E-state index in [1.165, 1.54) is 12.8 Å². The number of thiazole rings is 1. The molecule has 3 rings (SSSR count). The van der Waals surface area contributed by atoms with E-state index in [1.807, 2.05) is 13.1 Å². The standard InChI is InChI=1S/C18H26N6S/c1-14-23-16(13-25-14)7-8-20-18(19-2)22-12-15-5-6-17(21-11-15)24-9-3-4-10-24/h5-6,11,13H,3-4,7-10,12H2,1-2H3,(H2,19,20,22). The van der Waals surface area contributed by atoms with E-state index in [-0.39, 0.29) is 0 Å². The monoisotopic (exact) mass is 358 g/mol. The summed E-state index contributed by atoms with van der Waals surface area (Å²) in [5, 5.41) is 9.89. The summed E-state index contributed by atoms with van der Waals surface area (Å²) in [6.07, 6.45) is 5.39. The second-order valence-corrected chi connectivity index (χ2v) is 7.24. The van der Waals surface area contributed by atoms with Gasteiger partial charge in [-0.2, -0.15) is 0 Å². The van der Waals surface area contributed by atoms with Crippen LogP contribution < -0.4 is 15.5 Å². The SMILES string of the molecule is CN=C(NCCc1csc(C)n1)NCc1ccc(N2CCCC2)nc1. The topological polar surface area (TPSA) is 65.4 Å². The molecule has 0 bridgehead atoms. The number of nitrogens with one attached hydrogen (secondary N) is 2. The van der Waals surface area contributed by atoms with E-state index in [9.17, 15) is 0 Å². The van der Waals surface area contributed by atoms with Gasteiger partial charge in [0.2, 0.25) is 0 Å². The van der Waals surface area contributed by atoms with Gasteiger partial charge in [0.25, 0.3) is 0 Å². The number of hydrogen-bond donors (Lipinski definition) is 2. The molecule has 0 unspecified atom stereocenters. The molecule has 0 aromatic carbocycles. The molecule has 3 heterocycles. The summed E-state index contributed by atoms with van der Waals surface area (Å²) in [5.74, 6) is 1.89. The van der Waals surface area contributed by atoms with Crippen LogP contribution in [0.4, 0.5) is 5.82 Å². The van der Waals surface area contributed by atoms with E-state index in [0.717, 1.165) is 54.1 Å². The Bertz CT molecular complexity index is 688. The third-order valence-electron chi connectivity index (χ3n) is 4.26. The molecule has 1 aliphatic heterocycles. The van der Waals surface area contributed by atoms with Gasteiger partial charge in [0, 0.05) is 51.2 Å². The molecular weight excluding hydrogens is 332 g/mol. The minimum absolute atomic E-state index is 0.711. The van der Waals surface area contributed by atoms with Crippen molar-refractivity contribution in [3.05, 3.63) is 40.0 Å². The highest BCUT2D eigenvalue weighted by molar-refractivity contribution is 7.09. The summed E-state index contributed by atoms with van der Waals surface area (Å²) in [6.45, 7) is 5.81. The fourth-order valence-electron chi connectivity index (χ4n) is 2.89. The Balaban J connectivity index is 1.42. The molecule has 134 valence electrons. The van der Waals surface area contributed by atoms with Gasteiger partial charge in [0.05, 0.1) is 10.7 Å². The summed E-state index contributed by atoms with van der Waals surface area (Å²) >= 11 is 1.69. The predicted molar refractivity (Wildman–Crippen MR) is 104 cm³/mol. The number of nitrogens with zero attached hydrogens (tertiary/aromatic N) is 4. The van der Waals surface area contributed by atoms with Gasteiger partial charge in [0.1, 0.15) is 5.82 Å². The van der Waals surface area contributed by atoms with Crippen LogP contribution in [-0.2, 0) is 13.0 Å². The van der Waals surface area contributed by atoms with E-state index in [4.69, 9.17) is 0 Å². The van der Waals surface area contributed by atoms with Gasteiger partial charge in [-0.3, -0.25) is 4.99 Å². The maximum atomic E-state index is 4.59. The summed E-state index contributed by atoms with van der Waals surface area (Å²) in [5.41, 5.74) is 2.29. The van der Waals surface area contributed by atoms with Crippen molar-refractivity contribution in [2.45, 2.75) is 32.7 Å². The Hall–Kier alpha value is -2.15. The number of hydrogen-bond acceptors (Lipinski definition) is 5.